The molecule has 0 saturated heterocycles. The standard InChI is InChI=1S/C17H20N4O2/c1-13(21-17(22)23)9-11-19-20-12-14-5-7-15(8-6-14)16-4-2-3-10-18-16/h2-8,10,12-13,19,21H,9,11H2,1H3,(H,22,23). The minimum absolute atomic E-state index is 0.104. The maximum Gasteiger partial charge on any atom is 0.404 e. The van der Waals surface area contributed by atoms with Crippen molar-refractivity contribution in [1.82, 2.24) is 15.7 Å². The molecule has 3 N–H and O–H groups in total. The smallest absolute Gasteiger partial charge is 0.404 e. The summed E-state index contributed by atoms with van der Waals surface area (Å²) in [6, 6.07) is 13.7. The number of nitrogens with one attached hydrogen (secondary N) is 2. The van der Waals surface area contributed by atoms with Gasteiger partial charge < -0.3 is 15.8 Å². The number of pyridine rings is 1. The number of carbonyl (C=O) groups is 1. The fourth-order valence-corrected chi connectivity index (χ4v) is 2.02. The Kier molecular flexibility index (Phi) is 6.11. The molecule has 23 heavy (non-hydrogen) atoms. The van der Waals surface area contributed by atoms with Crippen LogP contribution in [0.25, 0.3) is 11.3 Å². The van der Waals surface area contributed by atoms with Crippen molar-refractivity contribution in [2.45, 2.75) is 19.4 Å². The van der Waals surface area contributed by atoms with Gasteiger partial charge in [-0.3, -0.25) is 4.98 Å². The van der Waals surface area contributed by atoms with E-state index >= 15 is 0 Å². The highest BCUT2D eigenvalue weighted by molar-refractivity contribution is 5.80. The second kappa shape index (κ2) is 8.53. The van der Waals surface area contributed by atoms with E-state index in [0.717, 1.165) is 16.8 Å². The normalized spacial score (nSPS) is 12.0. The lowest BCUT2D eigenvalue weighted by molar-refractivity contribution is 0.190. The topological polar surface area (TPSA) is 86.6 Å². The summed E-state index contributed by atoms with van der Waals surface area (Å²) in [5.74, 6) is 0. The molecule has 0 saturated carbocycles. The van der Waals surface area contributed by atoms with E-state index < -0.39 is 6.09 Å². The third kappa shape index (κ3) is 5.78. The average Bonchev–Trinajstić information content (AvgIpc) is 2.55. The van der Waals surface area contributed by atoms with Gasteiger partial charge in [-0.1, -0.05) is 30.3 Å². The quantitative estimate of drug-likeness (QED) is 0.417. The Balaban J connectivity index is 1.78. The lowest BCUT2D eigenvalue weighted by Gasteiger charge is -2.10. The molecule has 1 atom stereocenters. The molecule has 1 aromatic carbocycles. The Bertz CT molecular complexity index is 641. The largest absolute Gasteiger partial charge is 0.465 e. The maximum absolute atomic E-state index is 10.4. The highest BCUT2D eigenvalue weighted by atomic mass is 16.4. The van der Waals surface area contributed by atoms with E-state index in [9.17, 15) is 4.79 Å². The average molecular weight is 312 g/mol. The van der Waals surface area contributed by atoms with E-state index in [4.69, 9.17) is 5.11 Å². The first kappa shape index (κ1) is 16.5. The monoisotopic (exact) mass is 312 g/mol. The van der Waals surface area contributed by atoms with Gasteiger partial charge in [-0.05, 0) is 31.0 Å². The van der Waals surface area contributed by atoms with Crippen molar-refractivity contribution in [3.8, 4) is 11.3 Å². The molecule has 2 rings (SSSR count). The van der Waals surface area contributed by atoms with Crippen molar-refractivity contribution in [3.05, 3.63) is 54.2 Å². The van der Waals surface area contributed by atoms with Gasteiger partial charge >= 0.3 is 6.09 Å². The molecule has 0 bridgehead atoms. The van der Waals surface area contributed by atoms with Crippen molar-refractivity contribution in [1.29, 1.82) is 0 Å². The van der Waals surface area contributed by atoms with Crippen molar-refractivity contribution in [2.75, 3.05) is 6.54 Å². The number of amides is 1. The van der Waals surface area contributed by atoms with Crippen LogP contribution < -0.4 is 10.7 Å². The van der Waals surface area contributed by atoms with Crippen molar-refractivity contribution in [2.24, 2.45) is 5.10 Å². The molecule has 0 fully saturated rings. The van der Waals surface area contributed by atoms with Crippen LogP contribution in [0.15, 0.2) is 53.8 Å². The summed E-state index contributed by atoms with van der Waals surface area (Å²) in [6.07, 6.45) is 3.17. The van der Waals surface area contributed by atoms with Crippen LogP contribution in [0.1, 0.15) is 18.9 Å². The second-order valence-electron chi connectivity index (χ2n) is 5.14. The molecule has 0 aliphatic heterocycles. The van der Waals surface area contributed by atoms with Crippen LogP contribution in [-0.2, 0) is 0 Å². The molecule has 1 unspecified atom stereocenters. The Morgan fingerprint density at radius 2 is 2.09 bits per heavy atom. The molecule has 0 aliphatic carbocycles. The van der Waals surface area contributed by atoms with Crippen LogP contribution in [0.5, 0.6) is 0 Å². The lowest BCUT2D eigenvalue weighted by Crippen LogP contribution is -2.33. The van der Waals surface area contributed by atoms with E-state index in [1.54, 1.807) is 12.4 Å². The number of rotatable bonds is 7. The number of carboxylic acid groups (broad SMARTS) is 1. The fraction of sp³-hybridized carbons (Fsp3) is 0.235. The lowest BCUT2D eigenvalue weighted by atomic mass is 10.1. The van der Waals surface area contributed by atoms with Crippen LogP contribution >= 0.6 is 0 Å². The number of hydrazone groups is 1. The minimum atomic E-state index is -1.01. The van der Waals surface area contributed by atoms with Gasteiger partial charge in [-0.2, -0.15) is 5.10 Å². The summed E-state index contributed by atoms with van der Waals surface area (Å²) >= 11 is 0. The molecule has 1 amide bonds. The van der Waals surface area contributed by atoms with Crippen molar-refractivity contribution >= 4 is 12.3 Å². The Labute approximate surface area is 135 Å². The molecule has 6 heteroatoms. The molecular weight excluding hydrogens is 292 g/mol. The fourth-order valence-electron chi connectivity index (χ4n) is 2.02. The number of hydrogen-bond donors (Lipinski definition) is 3. The van der Waals surface area contributed by atoms with Crippen LogP contribution in [-0.4, -0.2) is 35.0 Å². The zero-order valence-corrected chi connectivity index (χ0v) is 12.9. The molecule has 0 aliphatic rings. The molecular formula is C17H20N4O2. The van der Waals surface area contributed by atoms with Crippen LogP contribution in [0, 0.1) is 0 Å². The molecule has 120 valence electrons. The Morgan fingerprint density at radius 3 is 2.74 bits per heavy atom. The van der Waals surface area contributed by atoms with Crippen molar-refractivity contribution < 1.29 is 9.90 Å². The summed E-state index contributed by atoms with van der Waals surface area (Å²) in [5, 5.41) is 15.1. The van der Waals surface area contributed by atoms with E-state index in [-0.39, 0.29) is 6.04 Å². The first-order valence-electron chi connectivity index (χ1n) is 7.42. The van der Waals surface area contributed by atoms with Crippen LogP contribution in [0.2, 0.25) is 0 Å². The van der Waals surface area contributed by atoms with Gasteiger partial charge in [0.25, 0.3) is 0 Å². The zero-order chi connectivity index (χ0) is 16.5. The van der Waals surface area contributed by atoms with E-state index in [0.29, 0.717) is 13.0 Å². The summed E-state index contributed by atoms with van der Waals surface area (Å²) in [6.45, 7) is 2.42. The molecule has 1 heterocycles. The molecule has 2 aromatic rings. The van der Waals surface area contributed by atoms with Crippen LogP contribution in [0.4, 0.5) is 4.79 Å². The third-order valence-corrected chi connectivity index (χ3v) is 3.24. The zero-order valence-electron chi connectivity index (χ0n) is 12.9. The van der Waals surface area contributed by atoms with Gasteiger partial charge in [0.2, 0.25) is 0 Å². The van der Waals surface area contributed by atoms with Gasteiger partial charge in [-0.25, -0.2) is 4.79 Å². The molecule has 0 spiro atoms. The molecule has 1 aromatic heterocycles. The predicted octanol–water partition coefficient (Wildman–Crippen LogP) is 2.72. The van der Waals surface area contributed by atoms with Gasteiger partial charge in [0.05, 0.1) is 11.9 Å². The predicted molar refractivity (Wildman–Crippen MR) is 90.5 cm³/mol. The second-order valence-corrected chi connectivity index (χ2v) is 5.14. The summed E-state index contributed by atoms with van der Waals surface area (Å²) in [4.78, 5) is 14.8. The first-order valence-corrected chi connectivity index (χ1v) is 7.42. The SMILES string of the molecule is CC(CCNN=Cc1ccc(-c2ccccn2)cc1)NC(=O)O. The summed E-state index contributed by atoms with van der Waals surface area (Å²) in [7, 11) is 0. The number of nitrogens with zero attached hydrogens (tertiary/aromatic N) is 2. The summed E-state index contributed by atoms with van der Waals surface area (Å²) in [5.41, 5.74) is 5.89. The third-order valence-electron chi connectivity index (χ3n) is 3.24. The number of benzene rings is 1. The minimum Gasteiger partial charge on any atom is -0.465 e. The molecule has 6 nitrogen and oxygen atoms in total. The van der Waals surface area contributed by atoms with Gasteiger partial charge in [-0.15, -0.1) is 0 Å². The van der Waals surface area contributed by atoms with Crippen LogP contribution in [0.3, 0.4) is 0 Å². The first-order chi connectivity index (χ1) is 11.1. The van der Waals surface area contributed by atoms with E-state index in [1.165, 1.54) is 0 Å². The number of aromatic nitrogens is 1. The van der Waals surface area contributed by atoms with Gasteiger partial charge in [0.1, 0.15) is 0 Å². The van der Waals surface area contributed by atoms with Gasteiger partial charge in [0.15, 0.2) is 0 Å². The van der Waals surface area contributed by atoms with Crippen molar-refractivity contribution in [3.63, 3.8) is 0 Å². The van der Waals surface area contributed by atoms with E-state index in [1.807, 2.05) is 49.4 Å². The summed E-state index contributed by atoms with van der Waals surface area (Å²) < 4.78 is 0. The highest BCUT2D eigenvalue weighted by Crippen LogP contribution is 2.16. The van der Waals surface area contributed by atoms with E-state index in [2.05, 4.69) is 20.8 Å². The Morgan fingerprint density at radius 1 is 1.30 bits per heavy atom. The maximum atomic E-state index is 10.4. The Hall–Kier alpha value is -2.89. The number of hydrogen-bond acceptors (Lipinski definition) is 4. The highest BCUT2D eigenvalue weighted by Gasteiger charge is 2.03. The molecule has 0 radical (unpaired) electrons. The van der Waals surface area contributed by atoms with Gasteiger partial charge in [0, 0.05) is 24.3 Å².